The van der Waals surface area contributed by atoms with E-state index in [1.54, 1.807) is 28.5 Å². The van der Waals surface area contributed by atoms with Gasteiger partial charge in [-0.15, -0.1) is 11.3 Å². The fourth-order valence-corrected chi connectivity index (χ4v) is 3.99. The number of carbonyl (C=O) groups excluding carboxylic acids is 1. The Hall–Kier alpha value is -2.21. The maximum absolute atomic E-state index is 12.7. The highest BCUT2D eigenvalue weighted by Crippen LogP contribution is 2.28. The van der Waals surface area contributed by atoms with E-state index in [1.807, 2.05) is 23.1 Å². The van der Waals surface area contributed by atoms with Crippen LogP contribution in [0.15, 0.2) is 42.7 Å². The van der Waals surface area contributed by atoms with Crippen LogP contribution >= 0.6 is 11.3 Å². The quantitative estimate of drug-likeness (QED) is 0.731. The summed E-state index contributed by atoms with van der Waals surface area (Å²) in [7, 11) is 0. The van der Waals surface area contributed by atoms with Crippen LogP contribution in [0.3, 0.4) is 0 Å². The highest BCUT2D eigenvalue weighted by Gasteiger charge is 2.26. The largest absolute Gasteiger partial charge is 0.338 e. The van der Waals surface area contributed by atoms with Gasteiger partial charge in [0.2, 0.25) is 0 Å². The number of aromatic nitrogens is 3. The SMILES string of the molecule is O=C(c1cc2ccccc2s1)N1CCC(n2nccn2)CC1. The maximum Gasteiger partial charge on any atom is 0.263 e. The van der Waals surface area contributed by atoms with Crippen molar-refractivity contribution in [2.75, 3.05) is 13.1 Å². The van der Waals surface area contributed by atoms with Gasteiger partial charge >= 0.3 is 0 Å². The second-order valence-electron chi connectivity index (χ2n) is 5.52. The number of likely N-dealkylation sites (tertiary alicyclic amines) is 1. The number of amides is 1. The minimum absolute atomic E-state index is 0.146. The van der Waals surface area contributed by atoms with E-state index in [-0.39, 0.29) is 5.91 Å². The maximum atomic E-state index is 12.7. The van der Waals surface area contributed by atoms with Crippen molar-refractivity contribution in [3.63, 3.8) is 0 Å². The van der Waals surface area contributed by atoms with Gasteiger partial charge in [0.05, 0.1) is 23.3 Å². The van der Waals surface area contributed by atoms with Crippen molar-refractivity contribution in [3.05, 3.63) is 47.6 Å². The zero-order valence-electron chi connectivity index (χ0n) is 12.1. The molecule has 6 heteroatoms. The van der Waals surface area contributed by atoms with E-state index in [2.05, 4.69) is 22.3 Å². The molecule has 1 aliphatic rings. The van der Waals surface area contributed by atoms with Crippen molar-refractivity contribution < 1.29 is 4.79 Å². The van der Waals surface area contributed by atoms with E-state index in [9.17, 15) is 4.79 Å². The second-order valence-corrected chi connectivity index (χ2v) is 6.61. The summed E-state index contributed by atoms with van der Waals surface area (Å²) in [5.74, 6) is 0.146. The van der Waals surface area contributed by atoms with Gasteiger partial charge in [0.1, 0.15) is 0 Å². The third-order valence-corrected chi connectivity index (χ3v) is 5.26. The topological polar surface area (TPSA) is 51.0 Å². The molecule has 1 aromatic carbocycles. The zero-order chi connectivity index (χ0) is 14.9. The number of fused-ring (bicyclic) bond motifs is 1. The molecule has 4 rings (SSSR count). The average molecular weight is 312 g/mol. The number of piperidine rings is 1. The van der Waals surface area contributed by atoms with Gasteiger partial charge in [0.15, 0.2) is 0 Å². The summed E-state index contributed by atoms with van der Waals surface area (Å²) < 4.78 is 1.17. The molecule has 0 spiro atoms. The van der Waals surface area contributed by atoms with Crippen molar-refractivity contribution in [3.8, 4) is 0 Å². The Morgan fingerprint density at radius 2 is 1.86 bits per heavy atom. The van der Waals surface area contributed by atoms with Gasteiger partial charge in [-0.25, -0.2) is 0 Å². The number of hydrogen-bond acceptors (Lipinski definition) is 4. The van der Waals surface area contributed by atoms with Gasteiger partial charge in [0.25, 0.3) is 5.91 Å². The first-order chi connectivity index (χ1) is 10.8. The molecule has 0 unspecified atom stereocenters. The van der Waals surface area contributed by atoms with Crippen LogP contribution in [-0.4, -0.2) is 38.9 Å². The van der Waals surface area contributed by atoms with Gasteiger partial charge in [-0.3, -0.25) is 4.79 Å². The first-order valence-corrected chi connectivity index (χ1v) is 8.26. The number of carbonyl (C=O) groups is 1. The van der Waals surface area contributed by atoms with Crippen LogP contribution in [0.25, 0.3) is 10.1 Å². The van der Waals surface area contributed by atoms with Crippen LogP contribution in [0.4, 0.5) is 0 Å². The summed E-state index contributed by atoms with van der Waals surface area (Å²) >= 11 is 1.58. The van der Waals surface area contributed by atoms with Gasteiger partial charge < -0.3 is 4.90 Å². The molecule has 0 saturated carbocycles. The number of benzene rings is 1. The minimum atomic E-state index is 0.146. The number of nitrogens with zero attached hydrogens (tertiary/aromatic N) is 4. The predicted octanol–water partition coefficient (Wildman–Crippen LogP) is 2.97. The normalized spacial score (nSPS) is 16.3. The molecule has 2 aromatic heterocycles. The molecule has 0 radical (unpaired) electrons. The number of hydrogen-bond donors (Lipinski definition) is 0. The van der Waals surface area contributed by atoms with E-state index in [1.165, 1.54) is 4.70 Å². The molecule has 112 valence electrons. The monoisotopic (exact) mass is 312 g/mol. The van der Waals surface area contributed by atoms with Gasteiger partial charge in [-0.2, -0.15) is 15.0 Å². The summed E-state index contributed by atoms with van der Waals surface area (Å²) in [6.07, 6.45) is 5.22. The van der Waals surface area contributed by atoms with Crippen LogP contribution in [0, 0.1) is 0 Å². The van der Waals surface area contributed by atoms with E-state index < -0.39 is 0 Å². The molecule has 5 nitrogen and oxygen atoms in total. The fourth-order valence-electron chi connectivity index (χ4n) is 2.96. The highest BCUT2D eigenvalue weighted by atomic mass is 32.1. The molecule has 3 heterocycles. The van der Waals surface area contributed by atoms with Crippen LogP contribution in [0.5, 0.6) is 0 Å². The molecule has 1 fully saturated rings. The lowest BCUT2D eigenvalue weighted by Gasteiger charge is -2.31. The van der Waals surface area contributed by atoms with E-state index in [4.69, 9.17) is 0 Å². The Labute approximate surface area is 132 Å². The van der Waals surface area contributed by atoms with E-state index >= 15 is 0 Å². The molecule has 0 aliphatic carbocycles. The van der Waals surface area contributed by atoms with Crippen molar-refractivity contribution in [1.82, 2.24) is 19.9 Å². The molecule has 0 N–H and O–H groups in total. The van der Waals surface area contributed by atoms with E-state index in [0.29, 0.717) is 6.04 Å². The predicted molar refractivity (Wildman–Crippen MR) is 86.0 cm³/mol. The highest BCUT2D eigenvalue weighted by molar-refractivity contribution is 7.20. The lowest BCUT2D eigenvalue weighted by molar-refractivity contribution is 0.0689. The number of thiophene rings is 1. The van der Waals surface area contributed by atoms with Crippen LogP contribution < -0.4 is 0 Å². The first kappa shape index (κ1) is 13.5. The molecule has 1 amide bonds. The van der Waals surface area contributed by atoms with Crippen LogP contribution in [0.2, 0.25) is 0 Å². The van der Waals surface area contributed by atoms with Gasteiger partial charge in [-0.05, 0) is 30.4 Å². The van der Waals surface area contributed by atoms with Crippen LogP contribution in [0.1, 0.15) is 28.6 Å². The van der Waals surface area contributed by atoms with Gasteiger partial charge in [-0.1, -0.05) is 18.2 Å². The first-order valence-electron chi connectivity index (χ1n) is 7.45. The van der Waals surface area contributed by atoms with Crippen molar-refractivity contribution in [1.29, 1.82) is 0 Å². The lowest BCUT2D eigenvalue weighted by atomic mass is 10.1. The van der Waals surface area contributed by atoms with Gasteiger partial charge in [0, 0.05) is 17.8 Å². The third-order valence-electron chi connectivity index (χ3n) is 4.15. The summed E-state index contributed by atoms with van der Waals surface area (Å²) in [6.45, 7) is 1.53. The lowest BCUT2D eigenvalue weighted by Crippen LogP contribution is -2.39. The number of rotatable bonds is 2. The summed E-state index contributed by atoms with van der Waals surface area (Å²) in [5.41, 5.74) is 0. The standard InChI is InChI=1S/C16H16N4OS/c21-16(15-11-12-3-1-2-4-14(12)22-15)19-9-5-13(6-10-19)20-17-7-8-18-20/h1-4,7-8,11,13H,5-6,9-10H2. The molecule has 1 saturated heterocycles. The Morgan fingerprint density at radius 3 is 2.59 bits per heavy atom. The van der Waals surface area contributed by atoms with Crippen molar-refractivity contribution in [2.45, 2.75) is 18.9 Å². The summed E-state index contributed by atoms with van der Waals surface area (Å²) in [6, 6.07) is 10.4. The molecule has 3 aromatic rings. The zero-order valence-corrected chi connectivity index (χ0v) is 12.9. The Balaban J connectivity index is 1.47. The summed E-state index contributed by atoms with van der Waals surface area (Å²) in [5, 5.41) is 9.55. The third kappa shape index (κ3) is 2.39. The molecule has 0 atom stereocenters. The van der Waals surface area contributed by atoms with Crippen molar-refractivity contribution in [2.24, 2.45) is 0 Å². The molecular weight excluding hydrogens is 296 g/mol. The minimum Gasteiger partial charge on any atom is -0.338 e. The van der Waals surface area contributed by atoms with E-state index in [0.717, 1.165) is 36.2 Å². The average Bonchev–Trinajstić information content (AvgIpc) is 3.23. The Morgan fingerprint density at radius 1 is 1.14 bits per heavy atom. The second kappa shape index (κ2) is 5.53. The van der Waals surface area contributed by atoms with Crippen LogP contribution in [-0.2, 0) is 0 Å². The summed E-state index contributed by atoms with van der Waals surface area (Å²) in [4.78, 5) is 17.2. The Kier molecular flexibility index (Phi) is 3.38. The smallest absolute Gasteiger partial charge is 0.263 e. The molecule has 0 bridgehead atoms. The Bertz CT molecular complexity index is 754. The molecular formula is C16H16N4OS. The fraction of sp³-hybridized carbons (Fsp3) is 0.312. The van der Waals surface area contributed by atoms with Crippen molar-refractivity contribution >= 4 is 27.3 Å². The molecule has 22 heavy (non-hydrogen) atoms. The molecule has 1 aliphatic heterocycles.